The van der Waals surface area contributed by atoms with Gasteiger partial charge in [-0.3, -0.25) is 0 Å². The van der Waals surface area contributed by atoms with Crippen LogP contribution in [-0.4, -0.2) is 15.0 Å². The summed E-state index contributed by atoms with van der Waals surface area (Å²) >= 11 is 0. The molecule has 0 aliphatic carbocycles. The summed E-state index contributed by atoms with van der Waals surface area (Å²) in [4.78, 5) is 0.0365. The summed E-state index contributed by atoms with van der Waals surface area (Å²) in [5, 5.41) is 8.30. The Balaban J connectivity index is 3.03. The van der Waals surface area contributed by atoms with E-state index in [1.54, 1.807) is 12.1 Å². The highest BCUT2D eigenvalue weighted by atomic mass is 32.2. The van der Waals surface area contributed by atoms with Crippen LogP contribution in [0.1, 0.15) is 27.2 Å². The molecule has 5 nitrogen and oxygen atoms in total. The second-order valence-electron chi connectivity index (χ2n) is 5.17. The van der Waals surface area contributed by atoms with Crippen molar-refractivity contribution in [3.05, 3.63) is 18.2 Å². The van der Waals surface area contributed by atoms with Crippen LogP contribution < -0.4 is 16.2 Å². The van der Waals surface area contributed by atoms with Crippen molar-refractivity contribution in [1.82, 2.24) is 0 Å². The van der Waals surface area contributed by atoms with Gasteiger partial charge in [-0.15, -0.1) is 0 Å². The highest BCUT2D eigenvalue weighted by Gasteiger charge is 2.18. The predicted octanol–water partition coefficient (Wildman–Crippen LogP) is 1.76. The number of rotatable bonds is 5. The molecule has 0 aliphatic rings. The maximum Gasteiger partial charge on any atom is 0.240 e. The molecule has 0 amide bonds. The minimum atomic E-state index is -3.77. The molecular weight excluding hydrogens is 250 g/mol. The van der Waals surface area contributed by atoms with Crippen LogP contribution in [0.4, 0.5) is 11.4 Å². The monoisotopic (exact) mass is 271 g/mol. The van der Waals surface area contributed by atoms with Crippen molar-refractivity contribution >= 4 is 21.4 Å². The Morgan fingerprint density at radius 3 is 2.44 bits per heavy atom. The standard InChI is InChI=1S/C12H21N3O2S/c1-4-12(2,3)8-15-10-6-5-9(13)7-11(10)18(14,16)17/h5-7,15H,4,8,13H2,1-3H3,(H2,14,16,17). The Labute approximate surface area is 109 Å². The van der Waals surface area contributed by atoms with Gasteiger partial charge in [0.15, 0.2) is 0 Å². The first-order valence-electron chi connectivity index (χ1n) is 5.82. The van der Waals surface area contributed by atoms with E-state index in [0.29, 0.717) is 17.9 Å². The number of hydrogen-bond acceptors (Lipinski definition) is 4. The van der Waals surface area contributed by atoms with E-state index < -0.39 is 10.0 Å². The second kappa shape index (κ2) is 5.16. The van der Waals surface area contributed by atoms with Crippen LogP contribution >= 0.6 is 0 Å². The van der Waals surface area contributed by atoms with Crippen molar-refractivity contribution in [1.29, 1.82) is 0 Å². The minimum absolute atomic E-state index is 0.0365. The first-order valence-corrected chi connectivity index (χ1v) is 7.36. The molecule has 1 rings (SSSR count). The summed E-state index contributed by atoms with van der Waals surface area (Å²) in [6.45, 7) is 6.96. The second-order valence-corrected chi connectivity index (χ2v) is 6.70. The Hall–Kier alpha value is -1.27. The van der Waals surface area contributed by atoms with Crippen LogP contribution in [0.5, 0.6) is 0 Å². The number of benzene rings is 1. The summed E-state index contributed by atoms with van der Waals surface area (Å²) in [6.07, 6.45) is 0.986. The van der Waals surface area contributed by atoms with Gasteiger partial charge in [0.2, 0.25) is 10.0 Å². The zero-order valence-corrected chi connectivity index (χ0v) is 11.8. The van der Waals surface area contributed by atoms with E-state index in [1.807, 2.05) is 0 Å². The zero-order valence-electron chi connectivity index (χ0n) is 11.0. The van der Waals surface area contributed by atoms with Crippen LogP contribution in [0, 0.1) is 5.41 Å². The Morgan fingerprint density at radius 2 is 1.94 bits per heavy atom. The number of nitrogen functional groups attached to an aromatic ring is 1. The van der Waals surface area contributed by atoms with Crippen molar-refractivity contribution in [2.45, 2.75) is 32.1 Å². The number of sulfonamides is 1. The summed E-state index contributed by atoms with van der Waals surface area (Å²) in [5.41, 5.74) is 6.53. The smallest absolute Gasteiger partial charge is 0.240 e. The maximum atomic E-state index is 11.5. The summed E-state index contributed by atoms with van der Waals surface area (Å²) < 4.78 is 23.0. The number of nitrogens with two attached hydrogens (primary N) is 2. The lowest BCUT2D eigenvalue weighted by Gasteiger charge is -2.24. The normalized spacial score (nSPS) is 12.4. The Kier molecular flexibility index (Phi) is 4.24. The van der Waals surface area contributed by atoms with Crippen molar-refractivity contribution in [2.24, 2.45) is 10.6 Å². The van der Waals surface area contributed by atoms with Crippen molar-refractivity contribution in [3.63, 3.8) is 0 Å². The molecule has 0 heterocycles. The molecule has 0 aromatic heterocycles. The van der Waals surface area contributed by atoms with Gasteiger partial charge in [0.25, 0.3) is 0 Å². The molecule has 0 saturated heterocycles. The quantitative estimate of drug-likeness (QED) is 0.711. The van der Waals surface area contributed by atoms with Gasteiger partial charge < -0.3 is 11.1 Å². The van der Waals surface area contributed by atoms with Crippen LogP contribution in [0.25, 0.3) is 0 Å². The van der Waals surface area contributed by atoms with Gasteiger partial charge in [-0.2, -0.15) is 0 Å². The van der Waals surface area contributed by atoms with E-state index in [2.05, 4.69) is 26.1 Å². The Bertz CT molecular complexity index is 524. The molecule has 0 saturated carbocycles. The predicted molar refractivity (Wildman–Crippen MR) is 74.8 cm³/mol. The van der Waals surface area contributed by atoms with E-state index in [1.165, 1.54) is 6.07 Å². The lowest BCUT2D eigenvalue weighted by molar-refractivity contribution is 0.376. The van der Waals surface area contributed by atoms with Crippen molar-refractivity contribution in [3.8, 4) is 0 Å². The van der Waals surface area contributed by atoms with Gasteiger partial charge in [-0.05, 0) is 30.0 Å². The molecule has 0 spiro atoms. The lowest BCUT2D eigenvalue weighted by Crippen LogP contribution is -2.23. The van der Waals surface area contributed by atoms with Crippen LogP contribution in [0.15, 0.2) is 23.1 Å². The van der Waals surface area contributed by atoms with Crippen molar-refractivity contribution < 1.29 is 8.42 Å². The highest BCUT2D eigenvalue weighted by molar-refractivity contribution is 7.89. The average molecular weight is 271 g/mol. The molecule has 6 heteroatoms. The topological polar surface area (TPSA) is 98.2 Å². The molecule has 1 aromatic carbocycles. The Morgan fingerprint density at radius 1 is 1.33 bits per heavy atom. The molecule has 0 atom stereocenters. The van der Waals surface area contributed by atoms with E-state index >= 15 is 0 Å². The molecule has 0 bridgehead atoms. The molecule has 18 heavy (non-hydrogen) atoms. The first-order chi connectivity index (χ1) is 8.15. The van der Waals surface area contributed by atoms with Crippen molar-refractivity contribution in [2.75, 3.05) is 17.6 Å². The number of anilines is 2. The SMILES string of the molecule is CCC(C)(C)CNc1ccc(N)cc1S(N)(=O)=O. The first kappa shape index (κ1) is 14.8. The number of nitrogens with one attached hydrogen (secondary N) is 1. The molecule has 0 aliphatic heterocycles. The zero-order chi connectivity index (χ0) is 14.0. The third kappa shape index (κ3) is 3.89. The molecule has 5 N–H and O–H groups in total. The fraction of sp³-hybridized carbons (Fsp3) is 0.500. The van der Waals surface area contributed by atoms with E-state index in [-0.39, 0.29) is 10.3 Å². The van der Waals surface area contributed by atoms with E-state index in [0.717, 1.165) is 6.42 Å². The molecule has 102 valence electrons. The van der Waals surface area contributed by atoms with Gasteiger partial charge >= 0.3 is 0 Å². The van der Waals surface area contributed by atoms with E-state index in [9.17, 15) is 8.42 Å². The fourth-order valence-corrected chi connectivity index (χ4v) is 2.13. The molecule has 0 radical (unpaired) electrons. The average Bonchev–Trinajstić information content (AvgIpc) is 2.26. The van der Waals surface area contributed by atoms with Gasteiger partial charge in [0, 0.05) is 12.2 Å². The maximum absolute atomic E-state index is 11.5. The van der Waals surface area contributed by atoms with Crippen LogP contribution in [0.3, 0.4) is 0 Å². The molecule has 1 aromatic rings. The largest absolute Gasteiger partial charge is 0.399 e. The van der Waals surface area contributed by atoms with Crippen LogP contribution in [0.2, 0.25) is 0 Å². The van der Waals surface area contributed by atoms with Gasteiger partial charge in [-0.25, -0.2) is 13.6 Å². The highest BCUT2D eigenvalue weighted by Crippen LogP contribution is 2.26. The third-order valence-corrected chi connectivity index (χ3v) is 3.98. The summed E-state index contributed by atoms with van der Waals surface area (Å²) in [6, 6.07) is 4.66. The summed E-state index contributed by atoms with van der Waals surface area (Å²) in [7, 11) is -3.77. The third-order valence-electron chi connectivity index (χ3n) is 3.03. The molecule has 0 unspecified atom stereocenters. The minimum Gasteiger partial charge on any atom is -0.399 e. The lowest BCUT2D eigenvalue weighted by atomic mass is 9.90. The van der Waals surface area contributed by atoms with E-state index in [4.69, 9.17) is 10.9 Å². The molecular formula is C12H21N3O2S. The van der Waals surface area contributed by atoms with Crippen LogP contribution in [-0.2, 0) is 10.0 Å². The van der Waals surface area contributed by atoms with Gasteiger partial charge in [0.05, 0.1) is 5.69 Å². The number of hydrogen-bond donors (Lipinski definition) is 3. The molecule has 0 fully saturated rings. The fourth-order valence-electron chi connectivity index (χ4n) is 1.38. The van der Waals surface area contributed by atoms with Gasteiger partial charge in [-0.1, -0.05) is 20.8 Å². The van der Waals surface area contributed by atoms with Gasteiger partial charge in [0.1, 0.15) is 4.90 Å². The number of primary sulfonamides is 1. The summed E-state index contributed by atoms with van der Waals surface area (Å²) in [5.74, 6) is 0.